The zero-order chi connectivity index (χ0) is 13.2. The Kier molecular flexibility index (Phi) is 3.68. The first kappa shape index (κ1) is 12.8. The Bertz CT molecular complexity index is 558. The lowest BCUT2D eigenvalue weighted by Gasteiger charge is -2.34. The van der Waals surface area contributed by atoms with Crippen LogP contribution in [-0.4, -0.2) is 49.2 Å². The average Bonchev–Trinajstić information content (AvgIpc) is 2.85. The molecule has 2 aromatic rings. The van der Waals surface area contributed by atoms with Crippen molar-refractivity contribution in [1.82, 2.24) is 9.88 Å². The van der Waals surface area contributed by atoms with E-state index >= 15 is 0 Å². The Morgan fingerprint density at radius 3 is 2.74 bits per heavy atom. The van der Waals surface area contributed by atoms with Gasteiger partial charge in [0.15, 0.2) is 5.13 Å². The van der Waals surface area contributed by atoms with E-state index in [1.54, 1.807) is 0 Å². The lowest BCUT2D eigenvalue weighted by atomic mass is 10.2. The molecule has 1 aromatic heterocycles. The van der Waals surface area contributed by atoms with Crippen LogP contribution >= 0.6 is 11.3 Å². The Balaban J connectivity index is 1.77. The summed E-state index contributed by atoms with van der Waals surface area (Å²) in [6.07, 6.45) is 0. The molecule has 19 heavy (non-hydrogen) atoms. The third-order valence-electron chi connectivity index (χ3n) is 3.69. The van der Waals surface area contributed by atoms with E-state index in [1.165, 1.54) is 10.3 Å². The van der Waals surface area contributed by atoms with Crippen LogP contribution in [0.25, 0.3) is 10.2 Å². The number of rotatable bonds is 3. The van der Waals surface area contributed by atoms with Crippen LogP contribution in [0.2, 0.25) is 0 Å². The van der Waals surface area contributed by atoms with Crippen LogP contribution in [-0.2, 0) is 0 Å². The molecule has 1 aromatic carbocycles. The van der Waals surface area contributed by atoms with Crippen LogP contribution in [0.4, 0.5) is 5.13 Å². The van der Waals surface area contributed by atoms with Crippen molar-refractivity contribution in [2.24, 2.45) is 5.73 Å². The summed E-state index contributed by atoms with van der Waals surface area (Å²) in [6, 6.07) is 6.34. The molecule has 4 nitrogen and oxygen atoms in total. The quantitative estimate of drug-likeness (QED) is 0.926. The molecule has 102 valence electrons. The van der Waals surface area contributed by atoms with E-state index in [2.05, 4.69) is 34.9 Å². The van der Waals surface area contributed by atoms with E-state index in [0.717, 1.165) is 49.9 Å². The number of hydrogen-bond acceptors (Lipinski definition) is 5. The van der Waals surface area contributed by atoms with Crippen LogP contribution in [0, 0.1) is 6.92 Å². The monoisotopic (exact) mass is 276 g/mol. The van der Waals surface area contributed by atoms with Gasteiger partial charge in [0.25, 0.3) is 0 Å². The summed E-state index contributed by atoms with van der Waals surface area (Å²) in [4.78, 5) is 9.60. The first-order valence-corrected chi connectivity index (χ1v) is 7.63. The van der Waals surface area contributed by atoms with Crippen molar-refractivity contribution in [2.75, 3.05) is 44.2 Å². The smallest absolute Gasteiger partial charge is 0.186 e. The molecule has 0 amide bonds. The minimum absolute atomic E-state index is 0.750. The van der Waals surface area contributed by atoms with Crippen molar-refractivity contribution >= 4 is 26.7 Å². The van der Waals surface area contributed by atoms with Crippen molar-refractivity contribution in [1.29, 1.82) is 0 Å². The maximum Gasteiger partial charge on any atom is 0.186 e. The number of anilines is 1. The van der Waals surface area contributed by atoms with Crippen molar-refractivity contribution < 1.29 is 0 Å². The third kappa shape index (κ3) is 2.59. The topological polar surface area (TPSA) is 45.4 Å². The van der Waals surface area contributed by atoms with Gasteiger partial charge in [0.1, 0.15) is 0 Å². The molecule has 2 heterocycles. The number of aryl methyl sites for hydroxylation is 1. The molecule has 0 atom stereocenters. The van der Waals surface area contributed by atoms with E-state index in [4.69, 9.17) is 10.7 Å². The lowest BCUT2D eigenvalue weighted by molar-refractivity contribution is 0.265. The Labute approximate surface area is 117 Å². The summed E-state index contributed by atoms with van der Waals surface area (Å²) >= 11 is 1.82. The Morgan fingerprint density at radius 2 is 2.05 bits per heavy atom. The second-order valence-electron chi connectivity index (χ2n) is 5.04. The molecule has 1 aliphatic heterocycles. The molecule has 2 N–H and O–H groups in total. The van der Waals surface area contributed by atoms with Crippen LogP contribution < -0.4 is 10.6 Å². The number of nitrogens with two attached hydrogens (primary N) is 1. The minimum atomic E-state index is 0.750. The maximum absolute atomic E-state index is 5.61. The summed E-state index contributed by atoms with van der Waals surface area (Å²) in [5.74, 6) is 0. The molecule has 0 aliphatic carbocycles. The molecule has 0 spiro atoms. The standard InChI is InChI=1S/C14H20N4S/c1-11-3-2-4-12-13(11)19-14(16-12)18-9-7-17(6-5-15)8-10-18/h2-4H,5-10,15H2,1H3. The molecular weight excluding hydrogens is 256 g/mol. The van der Waals surface area contributed by atoms with Crippen molar-refractivity contribution in [3.63, 3.8) is 0 Å². The number of hydrogen-bond donors (Lipinski definition) is 1. The van der Waals surface area contributed by atoms with Crippen LogP contribution in [0.1, 0.15) is 5.56 Å². The highest BCUT2D eigenvalue weighted by atomic mass is 32.1. The molecule has 0 unspecified atom stereocenters. The minimum Gasteiger partial charge on any atom is -0.345 e. The highest BCUT2D eigenvalue weighted by Crippen LogP contribution is 2.31. The zero-order valence-electron chi connectivity index (χ0n) is 11.3. The van der Waals surface area contributed by atoms with Gasteiger partial charge in [-0.05, 0) is 18.6 Å². The number of benzene rings is 1. The highest BCUT2D eigenvalue weighted by molar-refractivity contribution is 7.22. The molecule has 3 rings (SSSR count). The highest BCUT2D eigenvalue weighted by Gasteiger charge is 2.19. The van der Waals surface area contributed by atoms with Gasteiger partial charge < -0.3 is 10.6 Å². The summed E-state index contributed by atoms with van der Waals surface area (Å²) < 4.78 is 1.32. The normalized spacial score (nSPS) is 17.3. The van der Waals surface area contributed by atoms with Crippen molar-refractivity contribution in [2.45, 2.75) is 6.92 Å². The fourth-order valence-corrected chi connectivity index (χ4v) is 3.64. The molecule has 0 radical (unpaired) electrons. The van der Waals surface area contributed by atoms with Gasteiger partial charge >= 0.3 is 0 Å². The van der Waals surface area contributed by atoms with Gasteiger partial charge in [-0.2, -0.15) is 0 Å². The van der Waals surface area contributed by atoms with E-state index in [0.29, 0.717) is 0 Å². The van der Waals surface area contributed by atoms with Gasteiger partial charge in [-0.3, -0.25) is 4.90 Å². The van der Waals surface area contributed by atoms with Gasteiger partial charge in [-0.1, -0.05) is 23.5 Å². The second kappa shape index (κ2) is 5.45. The van der Waals surface area contributed by atoms with Crippen LogP contribution in [0.15, 0.2) is 18.2 Å². The molecule has 5 heteroatoms. The predicted molar refractivity (Wildman–Crippen MR) is 82.1 cm³/mol. The van der Waals surface area contributed by atoms with Gasteiger partial charge in [0, 0.05) is 39.3 Å². The Hall–Kier alpha value is -1.17. The van der Waals surface area contributed by atoms with Gasteiger partial charge in [0.2, 0.25) is 0 Å². The number of thiazole rings is 1. The van der Waals surface area contributed by atoms with Crippen LogP contribution in [0.3, 0.4) is 0 Å². The maximum atomic E-state index is 5.61. The summed E-state index contributed by atoms with van der Waals surface area (Å²) in [6.45, 7) is 8.20. The third-order valence-corrected chi connectivity index (χ3v) is 4.96. The second-order valence-corrected chi connectivity index (χ2v) is 6.01. The van der Waals surface area contributed by atoms with Crippen molar-refractivity contribution in [3.05, 3.63) is 23.8 Å². The largest absolute Gasteiger partial charge is 0.345 e. The average molecular weight is 276 g/mol. The van der Waals surface area contributed by atoms with E-state index in [-0.39, 0.29) is 0 Å². The van der Waals surface area contributed by atoms with Crippen LogP contribution in [0.5, 0.6) is 0 Å². The summed E-state index contributed by atoms with van der Waals surface area (Å²) in [7, 11) is 0. The SMILES string of the molecule is Cc1cccc2nc(N3CCN(CCN)CC3)sc12. The fourth-order valence-electron chi connectivity index (χ4n) is 2.56. The predicted octanol–water partition coefficient (Wildman–Crippen LogP) is 1.69. The van der Waals surface area contributed by atoms with E-state index in [1.807, 2.05) is 11.3 Å². The number of aromatic nitrogens is 1. The zero-order valence-corrected chi connectivity index (χ0v) is 12.1. The summed E-state index contributed by atoms with van der Waals surface area (Å²) in [5, 5.41) is 1.16. The summed E-state index contributed by atoms with van der Waals surface area (Å²) in [5.41, 5.74) is 8.06. The first-order chi connectivity index (χ1) is 9.28. The number of piperazine rings is 1. The van der Waals surface area contributed by atoms with Crippen molar-refractivity contribution in [3.8, 4) is 0 Å². The lowest BCUT2D eigenvalue weighted by Crippen LogP contribution is -2.47. The number of nitrogens with zero attached hydrogens (tertiary/aromatic N) is 3. The van der Waals surface area contributed by atoms with E-state index < -0.39 is 0 Å². The van der Waals surface area contributed by atoms with E-state index in [9.17, 15) is 0 Å². The molecule has 1 saturated heterocycles. The van der Waals surface area contributed by atoms with Gasteiger partial charge in [0.05, 0.1) is 10.2 Å². The molecular formula is C14H20N4S. The number of fused-ring (bicyclic) bond motifs is 1. The first-order valence-electron chi connectivity index (χ1n) is 6.81. The molecule has 1 fully saturated rings. The molecule has 0 bridgehead atoms. The molecule has 1 aliphatic rings. The molecule has 0 saturated carbocycles. The van der Waals surface area contributed by atoms with Gasteiger partial charge in [-0.15, -0.1) is 0 Å². The Morgan fingerprint density at radius 1 is 1.26 bits per heavy atom. The fraction of sp³-hybridized carbons (Fsp3) is 0.500. The van der Waals surface area contributed by atoms with Gasteiger partial charge in [-0.25, -0.2) is 4.98 Å².